The number of benzene rings is 2. The number of ketones is 1. The highest BCUT2D eigenvalue weighted by Gasteiger charge is 2.40. The Kier molecular flexibility index (Phi) is 4.11. The monoisotopic (exact) mass is 345 g/mol. The van der Waals surface area contributed by atoms with Gasteiger partial charge in [0.25, 0.3) is 15.9 Å². The summed E-state index contributed by atoms with van der Waals surface area (Å²) in [5.41, 5.74) is 0.582. The lowest BCUT2D eigenvalue weighted by atomic mass is 10.1. The molecule has 124 valence electrons. The number of fused-ring (bicyclic) bond motifs is 1. The van der Waals surface area contributed by atoms with Crippen LogP contribution < -0.4 is 4.74 Å². The van der Waals surface area contributed by atoms with Crippen LogP contribution in [0.4, 0.5) is 0 Å². The lowest BCUT2D eigenvalue weighted by Gasteiger charge is -2.16. The number of sulfonamides is 1. The van der Waals surface area contributed by atoms with Crippen LogP contribution in [0.5, 0.6) is 5.75 Å². The van der Waals surface area contributed by atoms with Gasteiger partial charge < -0.3 is 4.74 Å². The lowest BCUT2D eigenvalue weighted by molar-refractivity contribution is 0.0855. The molecule has 0 atom stereocenters. The highest BCUT2D eigenvalue weighted by molar-refractivity contribution is 7.90. The molecule has 0 aromatic heterocycles. The molecule has 0 radical (unpaired) electrons. The Morgan fingerprint density at radius 3 is 2.46 bits per heavy atom. The molecule has 2 aromatic carbocycles. The van der Waals surface area contributed by atoms with Gasteiger partial charge in [-0.1, -0.05) is 24.3 Å². The summed E-state index contributed by atoms with van der Waals surface area (Å²) < 4.78 is 31.1. The Morgan fingerprint density at radius 2 is 1.75 bits per heavy atom. The van der Waals surface area contributed by atoms with Crippen molar-refractivity contribution in [2.75, 3.05) is 13.2 Å². The van der Waals surface area contributed by atoms with Crippen LogP contribution in [-0.2, 0) is 10.0 Å². The van der Waals surface area contributed by atoms with Gasteiger partial charge in [-0.05, 0) is 31.2 Å². The fraction of sp³-hybridized carbons (Fsp3) is 0.176. The van der Waals surface area contributed by atoms with E-state index in [9.17, 15) is 18.0 Å². The van der Waals surface area contributed by atoms with E-state index in [4.69, 9.17) is 4.74 Å². The third kappa shape index (κ3) is 2.67. The van der Waals surface area contributed by atoms with E-state index in [-0.39, 0.29) is 29.4 Å². The summed E-state index contributed by atoms with van der Waals surface area (Å²) in [6.07, 6.45) is 0. The Hall–Kier alpha value is -2.67. The molecule has 1 amide bonds. The number of rotatable bonds is 5. The molecule has 0 bridgehead atoms. The van der Waals surface area contributed by atoms with Gasteiger partial charge >= 0.3 is 0 Å². The molecule has 1 aliphatic rings. The van der Waals surface area contributed by atoms with Gasteiger partial charge in [-0.2, -0.15) is 0 Å². The standard InChI is InChI=1S/C17H15NO5S/c1-12(19)13-6-2-4-8-15(13)23-11-10-18-17(20)14-7-3-5-9-16(14)24(18,21)22/h2-9H,10-11H2,1H3. The summed E-state index contributed by atoms with van der Waals surface area (Å²) in [5.74, 6) is -0.344. The molecule has 1 heterocycles. The van der Waals surface area contributed by atoms with Gasteiger partial charge in [0.2, 0.25) is 0 Å². The molecule has 0 unspecified atom stereocenters. The summed E-state index contributed by atoms with van der Waals surface area (Å²) in [6.45, 7) is 1.26. The van der Waals surface area contributed by atoms with Gasteiger partial charge in [0.15, 0.2) is 5.78 Å². The van der Waals surface area contributed by atoms with Crippen molar-refractivity contribution in [2.24, 2.45) is 0 Å². The molecule has 0 spiro atoms. The number of carbonyl (C=O) groups excluding carboxylic acids is 2. The Balaban J connectivity index is 1.75. The van der Waals surface area contributed by atoms with Crippen molar-refractivity contribution >= 4 is 21.7 Å². The van der Waals surface area contributed by atoms with Crippen molar-refractivity contribution in [3.63, 3.8) is 0 Å². The number of carbonyl (C=O) groups is 2. The Bertz CT molecular complexity index is 920. The van der Waals surface area contributed by atoms with Gasteiger partial charge in [0.1, 0.15) is 17.3 Å². The van der Waals surface area contributed by atoms with Gasteiger partial charge in [-0.3, -0.25) is 9.59 Å². The number of para-hydroxylation sites is 1. The molecule has 0 fully saturated rings. The average molecular weight is 345 g/mol. The predicted octanol–water partition coefficient (Wildman–Crippen LogP) is 2.11. The van der Waals surface area contributed by atoms with Crippen molar-refractivity contribution in [1.82, 2.24) is 4.31 Å². The van der Waals surface area contributed by atoms with E-state index >= 15 is 0 Å². The average Bonchev–Trinajstić information content (AvgIpc) is 2.76. The third-order valence-corrected chi connectivity index (χ3v) is 5.57. The van der Waals surface area contributed by atoms with E-state index in [1.807, 2.05) is 0 Å². The summed E-state index contributed by atoms with van der Waals surface area (Å²) in [4.78, 5) is 23.8. The summed E-state index contributed by atoms with van der Waals surface area (Å²) >= 11 is 0. The molecular weight excluding hydrogens is 330 g/mol. The summed E-state index contributed by atoms with van der Waals surface area (Å²) in [5, 5.41) is 0. The van der Waals surface area contributed by atoms with Crippen molar-refractivity contribution in [1.29, 1.82) is 0 Å². The maximum absolute atomic E-state index is 12.4. The maximum atomic E-state index is 12.4. The molecule has 0 saturated heterocycles. The van der Waals surface area contributed by atoms with Gasteiger partial charge in [-0.25, -0.2) is 12.7 Å². The summed E-state index contributed by atoms with van der Waals surface area (Å²) in [6, 6.07) is 12.8. The zero-order valence-corrected chi connectivity index (χ0v) is 13.7. The van der Waals surface area contributed by atoms with Crippen molar-refractivity contribution < 1.29 is 22.7 Å². The topological polar surface area (TPSA) is 80.8 Å². The van der Waals surface area contributed by atoms with Crippen LogP contribution in [0.25, 0.3) is 0 Å². The fourth-order valence-corrected chi connectivity index (χ4v) is 4.13. The number of ether oxygens (including phenoxy) is 1. The zero-order valence-electron chi connectivity index (χ0n) is 12.9. The number of amides is 1. The van der Waals surface area contributed by atoms with Gasteiger partial charge in [-0.15, -0.1) is 0 Å². The first-order chi connectivity index (χ1) is 11.4. The van der Waals surface area contributed by atoms with Crippen molar-refractivity contribution in [3.8, 4) is 5.75 Å². The Morgan fingerprint density at radius 1 is 1.08 bits per heavy atom. The molecule has 7 heteroatoms. The minimum Gasteiger partial charge on any atom is -0.491 e. The first-order valence-electron chi connectivity index (χ1n) is 7.32. The van der Waals surface area contributed by atoms with Crippen molar-refractivity contribution in [3.05, 3.63) is 59.7 Å². The van der Waals surface area contributed by atoms with Crippen LogP contribution in [0.1, 0.15) is 27.6 Å². The normalized spacial score (nSPS) is 15.2. The SMILES string of the molecule is CC(=O)c1ccccc1OCCN1C(=O)c2ccccc2S1(=O)=O. The molecule has 0 N–H and O–H groups in total. The largest absolute Gasteiger partial charge is 0.491 e. The molecule has 24 heavy (non-hydrogen) atoms. The van der Waals surface area contributed by atoms with E-state index < -0.39 is 15.9 Å². The highest BCUT2D eigenvalue weighted by Crippen LogP contribution is 2.29. The molecule has 6 nitrogen and oxygen atoms in total. The second-order valence-electron chi connectivity index (χ2n) is 5.28. The minimum atomic E-state index is -3.84. The number of hydrogen-bond donors (Lipinski definition) is 0. The zero-order chi connectivity index (χ0) is 17.3. The first-order valence-corrected chi connectivity index (χ1v) is 8.76. The molecule has 0 saturated carbocycles. The Labute approximate surface area is 139 Å². The molecule has 3 rings (SSSR count). The van der Waals surface area contributed by atoms with Crippen LogP contribution in [-0.4, -0.2) is 37.6 Å². The van der Waals surface area contributed by atoms with Gasteiger partial charge in [0.05, 0.1) is 17.7 Å². The van der Waals surface area contributed by atoms with E-state index in [1.165, 1.54) is 19.1 Å². The van der Waals surface area contributed by atoms with Crippen molar-refractivity contribution in [2.45, 2.75) is 11.8 Å². The third-order valence-electron chi connectivity index (χ3n) is 3.73. The number of hydrogen-bond acceptors (Lipinski definition) is 5. The quantitative estimate of drug-likeness (QED) is 0.775. The van der Waals surface area contributed by atoms with E-state index in [0.29, 0.717) is 11.3 Å². The van der Waals surface area contributed by atoms with E-state index in [2.05, 4.69) is 0 Å². The highest BCUT2D eigenvalue weighted by atomic mass is 32.2. The molecule has 2 aromatic rings. The van der Waals surface area contributed by atoms with E-state index in [1.54, 1.807) is 36.4 Å². The van der Waals surface area contributed by atoms with E-state index in [0.717, 1.165) is 4.31 Å². The molecular formula is C17H15NO5S. The maximum Gasteiger partial charge on any atom is 0.269 e. The second kappa shape index (κ2) is 6.09. The first kappa shape index (κ1) is 16.2. The second-order valence-corrected chi connectivity index (χ2v) is 7.11. The number of nitrogens with zero attached hydrogens (tertiary/aromatic N) is 1. The van der Waals surface area contributed by atoms with Crippen LogP contribution in [0.3, 0.4) is 0 Å². The molecule has 0 aliphatic carbocycles. The van der Waals surface area contributed by atoms with Crippen LogP contribution in [0.2, 0.25) is 0 Å². The summed E-state index contributed by atoms with van der Waals surface area (Å²) in [7, 11) is -3.84. The molecule has 1 aliphatic heterocycles. The smallest absolute Gasteiger partial charge is 0.269 e. The lowest BCUT2D eigenvalue weighted by Crippen LogP contribution is -2.33. The predicted molar refractivity (Wildman–Crippen MR) is 86.6 cm³/mol. The fourth-order valence-electron chi connectivity index (χ4n) is 2.57. The van der Waals surface area contributed by atoms with Gasteiger partial charge in [0, 0.05) is 0 Å². The van der Waals surface area contributed by atoms with Crippen LogP contribution in [0.15, 0.2) is 53.4 Å². The van der Waals surface area contributed by atoms with Crippen LogP contribution in [0, 0.1) is 0 Å². The minimum absolute atomic E-state index is 0.0131. The van der Waals surface area contributed by atoms with Crippen LogP contribution >= 0.6 is 0 Å². The number of Topliss-reactive ketones (excluding diaryl/α,β-unsaturated/α-hetero) is 1.